The highest BCUT2D eigenvalue weighted by atomic mass is 35.5. The zero-order chi connectivity index (χ0) is 18.6. The van der Waals surface area contributed by atoms with Gasteiger partial charge in [-0.15, -0.1) is 11.3 Å². The summed E-state index contributed by atoms with van der Waals surface area (Å²) in [6.07, 6.45) is 2.42. The quantitative estimate of drug-likeness (QED) is 0.654. The van der Waals surface area contributed by atoms with Gasteiger partial charge in [-0.25, -0.2) is 0 Å². The number of amides is 1. The van der Waals surface area contributed by atoms with E-state index in [-0.39, 0.29) is 17.6 Å². The lowest BCUT2D eigenvalue weighted by Gasteiger charge is -2.26. The molecule has 1 amide bonds. The molecule has 7 heteroatoms. The Balaban J connectivity index is 1.43. The molecule has 1 aliphatic heterocycles. The minimum Gasteiger partial charge on any atom is -0.355 e. The van der Waals surface area contributed by atoms with Gasteiger partial charge in [-0.05, 0) is 61.6 Å². The number of nitrogens with one attached hydrogen (secondary N) is 1. The Kier molecular flexibility index (Phi) is 5.57. The van der Waals surface area contributed by atoms with E-state index in [1.54, 1.807) is 29.5 Å². The van der Waals surface area contributed by atoms with Gasteiger partial charge in [0.1, 0.15) is 0 Å². The molecular formula is C20H20ClN3O2S. The number of rotatable bonds is 6. The van der Waals surface area contributed by atoms with Crippen molar-refractivity contribution in [2.45, 2.75) is 18.9 Å². The van der Waals surface area contributed by atoms with Crippen LogP contribution in [-0.2, 0) is 0 Å². The van der Waals surface area contributed by atoms with E-state index in [0.29, 0.717) is 17.3 Å². The van der Waals surface area contributed by atoms with Gasteiger partial charge in [0.05, 0.1) is 6.04 Å². The maximum absolute atomic E-state index is 12.6. The first kappa shape index (κ1) is 18.2. The second kappa shape index (κ2) is 8.25. The predicted molar refractivity (Wildman–Crippen MR) is 107 cm³/mol. The number of likely N-dealkylation sites (tertiary alicyclic amines) is 1. The van der Waals surface area contributed by atoms with Gasteiger partial charge in [-0.2, -0.15) is 0 Å². The highest BCUT2D eigenvalue weighted by Gasteiger charge is 2.25. The highest BCUT2D eigenvalue weighted by Crippen LogP contribution is 2.28. The fourth-order valence-electron chi connectivity index (χ4n) is 3.36. The lowest BCUT2D eigenvalue weighted by molar-refractivity contribution is 0.0929. The maximum Gasteiger partial charge on any atom is 0.273 e. The predicted octanol–water partition coefficient (Wildman–Crippen LogP) is 4.62. The van der Waals surface area contributed by atoms with Gasteiger partial charge in [0.15, 0.2) is 11.5 Å². The lowest BCUT2D eigenvalue weighted by atomic mass is 10.1. The molecular weight excluding hydrogens is 382 g/mol. The highest BCUT2D eigenvalue weighted by molar-refractivity contribution is 7.10. The van der Waals surface area contributed by atoms with Gasteiger partial charge in [0.2, 0.25) is 0 Å². The van der Waals surface area contributed by atoms with Crippen molar-refractivity contribution in [3.8, 4) is 11.3 Å². The largest absolute Gasteiger partial charge is 0.355 e. The smallest absolute Gasteiger partial charge is 0.273 e. The summed E-state index contributed by atoms with van der Waals surface area (Å²) in [7, 11) is 0. The summed E-state index contributed by atoms with van der Waals surface area (Å²) in [5.74, 6) is 0.325. The Bertz CT molecular complexity index is 886. The number of hydrogen-bond donors (Lipinski definition) is 1. The Morgan fingerprint density at radius 3 is 2.74 bits per heavy atom. The number of halogens is 1. The zero-order valence-electron chi connectivity index (χ0n) is 14.7. The summed E-state index contributed by atoms with van der Waals surface area (Å²) in [4.78, 5) is 16.3. The van der Waals surface area contributed by atoms with Crippen LogP contribution in [0.25, 0.3) is 11.3 Å². The van der Waals surface area contributed by atoms with E-state index >= 15 is 0 Å². The van der Waals surface area contributed by atoms with Crippen LogP contribution >= 0.6 is 22.9 Å². The van der Waals surface area contributed by atoms with Crippen molar-refractivity contribution in [3.63, 3.8) is 0 Å². The molecule has 0 spiro atoms. The van der Waals surface area contributed by atoms with Gasteiger partial charge in [-0.1, -0.05) is 22.8 Å². The Labute approximate surface area is 166 Å². The Morgan fingerprint density at radius 2 is 2.04 bits per heavy atom. The molecule has 0 bridgehead atoms. The normalized spacial score (nSPS) is 15.7. The van der Waals surface area contributed by atoms with Crippen LogP contribution in [0.4, 0.5) is 0 Å². The van der Waals surface area contributed by atoms with Crippen LogP contribution in [0.2, 0.25) is 5.02 Å². The van der Waals surface area contributed by atoms with E-state index in [4.69, 9.17) is 16.1 Å². The minimum atomic E-state index is -0.222. The maximum atomic E-state index is 12.6. The van der Waals surface area contributed by atoms with E-state index in [9.17, 15) is 4.79 Å². The number of aromatic nitrogens is 1. The van der Waals surface area contributed by atoms with Gasteiger partial charge in [-0.3, -0.25) is 9.69 Å². The second-order valence-corrected chi connectivity index (χ2v) is 7.98. The van der Waals surface area contributed by atoms with Crippen LogP contribution in [0.3, 0.4) is 0 Å². The van der Waals surface area contributed by atoms with Crippen LogP contribution in [-0.4, -0.2) is 35.6 Å². The average molecular weight is 402 g/mol. The van der Waals surface area contributed by atoms with E-state index < -0.39 is 0 Å². The Hall–Kier alpha value is -2.15. The van der Waals surface area contributed by atoms with Crippen LogP contribution in [0.5, 0.6) is 0 Å². The molecule has 4 rings (SSSR count). The topological polar surface area (TPSA) is 58.4 Å². The Morgan fingerprint density at radius 1 is 1.26 bits per heavy atom. The molecule has 3 heterocycles. The molecule has 1 N–H and O–H groups in total. The third kappa shape index (κ3) is 4.24. The summed E-state index contributed by atoms with van der Waals surface area (Å²) in [5, 5.41) is 9.67. The molecule has 1 aromatic carbocycles. The molecule has 3 aromatic rings. The first-order chi connectivity index (χ1) is 13.2. The molecule has 1 saturated heterocycles. The van der Waals surface area contributed by atoms with Crippen molar-refractivity contribution in [3.05, 3.63) is 63.4 Å². The summed E-state index contributed by atoms with van der Waals surface area (Å²) in [6.45, 7) is 2.70. The van der Waals surface area contributed by atoms with Gasteiger partial charge >= 0.3 is 0 Å². The van der Waals surface area contributed by atoms with Crippen molar-refractivity contribution in [1.82, 2.24) is 15.4 Å². The fraction of sp³-hybridized carbons (Fsp3) is 0.300. The monoisotopic (exact) mass is 401 g/mol. The zero-order valence-corrected chi connectivity index (χ0v) is 16.3. The molecule has 0 aliphatic carbocycles. The van der Waals surface area contributed by atoms with Gasteiger partial charge < -0.3 is 9.84 Å². The van der Waals surface area contributed by atoms with Gasteiger partial charge in [0, 0.05) is 28.1 Å². The molecule has 1 fully saturated rings. The molecule has 0 saturated carbocycles. The average Bonchev–Trinajstić information content (AvgIpc) is 3.44. The van der Waals surface area contributed by atoms with E-state index in [1.165, 1.54) is 17.7 Å². The van der Waals surface area contributed by atoms with Crippen molar-refractivity contribution in [2.75, 3.05) is 19.6 Å². The minimum absolute atomic E-state index is 0.207. The number of nitrogens with zero attached hydrogens (tertiary/aromatic N) is 2. The number of benzene rings is 1. The van der Waals surface area contributed by atoms with Crippen LogP contribution < -0.4 is 5.32 Å². The third-order valence-electron chi connectivity index (χ3n) is 4.78. The van der Waals surface area contributed by atoms with Crippen molar-refractivity contribution < 1.29 is 9.32 Å². The first-order valence-electron chi connectivity index (χ1n) is 8.99. The number of thiophene rings is 1. The molecule has 27 heavy (non-hydrogen) atoms. The first-order valence-corrected chi connectivity index (χ1v) is 10.2. The summed E-state index contributed by atoms with van der Waals surface area (Å²) in [5.41, 5.74) is 1.12. The summed E-state index contributed by atoms with van der Waals surface area (Å²) >= 11 is 7.64. The van der Waals surface area contributed by atoms with E-state index in [1.807, 2.05) is 12.1 Å². The number of hydrogen-bond acceptors (Lipinski definition) is 5. The van der Waals surface area contributed by atoms with E-state index in [2.05, 4.69) is 32.9 Å². The molecule has 1 aliphatic rings. The molecule has 1 unspecified atom stereocenters. The van der Waals surface area contributed by atoms with Gasteiger partial charge in [0.25, 0.3) is 5.91 Å². The summed E-state index contributed by atoms with van der Waals surface area (Å²) < 4.78 is 5.33. The van der Waals surface area contributed by atoms with Crippen molar-refractivity contribution >= 4 is 28.8 Å². The molecule has 140 valence electrons. The van der Waals surface area contributed by atoms with E-state index in [0.717, 1.165) is 18.7 Å². The summed E-state index contributed by atoms with van der Waals surface area (Å²) in [6, 6.07) is 13.3. The second-order valence-electron chi connectivity index (χ2n) is 6.57. The number of carbonyl (C=O) groups is 1. The lowest BCUT2D eigenvalue weighted by Crippen LogP contribution is -2.36. The van der Waals surface area contributed by atoms with Crippen LogP contribution in [0, 0.1) is 0 Å². The fourth-order valence-corrected chi connectivity index (χ4v) is 4.34. The van der Waals surface area contributed by atoms with Crippen LogP contribution in [0.15, 0.2) is 52.4 Å². The molecule has 5 nitrogen and oxygen atoms in total. The SMILES string of the molecule is O=C(NCC(c1cccs1)N1CCCC1)c1cc(-c2ccc(Cl)cc2)on1. The van der Waals surface area contributed by atoms with Crippen LogP contribution in [0.1, 0.15) is 34.2 Å². The molecule has 1 atom stereocenters. The van der Waals surface area contributed by atoms with Crippen molar-refractivity contribution in [1.29, 1.82) is 0 Å². The standard InChI is InChI=1S/C20H20ClN3O2S/c21-15-7-5-14(6-8-15)18-12-16(23-26-18)20(25)22-13-17(19-4-3-11-27-19)24-9-1-2-10-24/h3-8,11-12,17H,1-2,9-10,13H2,(H,22,25). The third-order valence-corrected chi connectivity index (χ3v) is 6.01. The number of carbonyl (C=O) groups excluding carboxylic acids is 1. The molecule has 0 radical (unpaired) electrons. The molecule has 2 aromatic heterocycles. The van der Waals surface area contributed by atoms with Crippen molar-refractivity contribution in [2.24, 2.45) is 0 Å².